The van der Waals surface area contributed by atoms with Crippen LogP contribution in [-0.4, -0.2) is 21.8 Å². The summed E-state index contributed by atoms with van der Waals surface area (Å²) in [4.78, 5) is 13.0. The summed E-state index contributed by atoms with van der Waals surface area (Å²) in [5.74, 6) is 2.03. The van der Waals surface area contributed by atoms with Gasteiger partial charge >= 0.3 is 0 Å². The topological polar surface area (TPSA) is 69.9 Å². The van der Waals surface area contributed by atoms with Crippen LogP contribution in [0.1, 0.15) is 30.5 Å². The smallest absolute Gasteiger partial charge is 0.255 e. The highest BCUT2D eigenvalue weighted by Crippen LogP contribution is 2.43. The molecular weight excluding hydrogens is 420 g/mol. The Kier molecular flexibility index (Phi) is 4.92. The zero-order valence-electron chi connectivity index (χ0n) is 16.1. The molecule has 0 saturated carbocycles. The maximum Gasteiger partial charge on any atom is 0.255 e. The molecule has 0 radical (unpaired) electrons. The van der Waals surface area contributed by atoms with Crippen LogP contribution in [0.4, 0.5) is 5.69 Å². The van der Waals surface area contributed by atoms with Crippen molar-refractivity contribution in [2.24, 2.45) is 5.10 Å². The average Bonchev–Trinajstić information content (AvgIpc) is 3.23. The van der Waals surface area contributed by atoms with Gasteiger partial charge in [-0.25, -0.2) is 5.01 Å². The Hall–Kier alpha value is -2.90. The van der Waals surface area contributed by atoms with Crippen molar-refractivity contribution in [3.63, 3.8) is 0 Å². The first-order valence-electron chi connectivity index (χ1n) is 9.66. The van der Waals surface area contributed by atoms with Crippen LogP contribution < -0.4 is 10.6 Å². The van der Waals surface area contributed by atoms with Crippen LogP contribution in [0.15, 0.2) is 70.2 Å². The quantitative estimate of drug-likeness (QED) is 0.586. The van der Waals surface area contributed by atoms with Gasteiger partial charge in [0.25, 0.3) is 5.91 Å². The number of hydrazone groups is 1. The number of nitrogens with zero attached hydrogens (tertiary/aromatic N) is 2. The number of fused-ring (bicyclic) bond motifs is 3. The predicted octanol–water partition coefficient (Wildman–Crippen LogP) is 5.22. The van der Waals surface area contributed by atoms with Crippen LogP contribution in [0.25, 0.3) is 11.3 Å². The summed E-state index contributed by atoms with van der Waals surface area (Å²) in [6, 6.07) is 18.6. The lowest BCUT2D eigenvalue weighted by atomic mass is 9.99. The van der Waals surface area contributed by atoms with E-state index in [1.807, 2.05) is 67.6 Å². The Bertz CT molecular complexity index is 1150. The van der Waals surface area contributed by atoms with E-state index in [-0.39, 0.29) is 5.91 Å². The lowest BCUT2D eigenvalue weighted by molar-refractivity contribution is -0.127. The Morgan fingerprint density at radius 3 is 2.77 bits per heavy atom. The number of rotatable bonds is 3. The molecule has 3 heterocycles. The summed E-state index contributed by atoms with van der Waals surface area (Å²) in [5.41, 5.74) is 2.59. The third-order valence-electron chi connectivity index (χ3n) is 5.08. The summed E-state index contributed by atoms with van der Waals surface area (Å²) in [6.45, 7) is 2.02. The van der Waals surface area contributed by atoms with Gasteiger partial charge in [-0.15, -0.1) is 5.10 Å². The number of thioether (sulfide) groups is 1. The fourth-order valence-electron chi connectivity index (χ4n) is 3.76. The molecule has 30 heavy (non-hydrogen) atoms. The maximum absolute atomic E-state index is 13.0. The molecule has 2 aliphatic rings. The second-order valence-corrected chi connectivity index (χ2v) is 8.59. The van der Waals surface area contributed by atoms with Gasteiger partial charge in [0.2, 0.25) is 0 Å². The zero-order chi connectivity index (χ0) is 20.7. The number of nitrogens with one attached hydrogen (secondary N) is 2. The van der Waals surface area contributed by atoms with Gasteiger partial charge in [0.15, 0.2) is 17.4 Å². The van der Waals surface area contributed by atoms with E-state index >= 15 is 0 Å². The van der Waals surface area contributed by atoms with Gasteiger partial charge in [-0.2, -0.15) is 0 Å². The average molecular weight is 439 g/mol. The van der Waals surface area contributed by atoms with Crippen LogP contribution in [0, 0.1) is 0 Å². The number of amidine groups is 1. The molecule has 152 valence electrons. The number of para-hydroxylation sites is 1. The number of carbonyl (C=O) groups is 1. The zero-order valence-corrected chi connectivity index (χ0v) is 17.7. The SMILES string of the molecule is CCSC1=NN2[C@@H](c3ccc(-c4ccccc4Cl)o3)Nc3ccccc3[C@@H]2C(=O)N1. The first kappa shape index (κ1) is 19.1. The van der Waals surface area contributed by atoms with Gasteiger partial charge in [0, 0.05) is 16.8 Å². The van der Waals surface area contributed by atoms with E-state index in [4.69, 9.17) is 21.1 Å². The molecule has 0 bridgehead atoms. The number of carbonyl (C=O) groups excluding carboxylic acids is 1. The number of furan rings is 1. The van der Waals surface area contributed by atoms with Crippen LogP contribution in [0.5, 0.6) is 0 Å². The van der Waals surface area contributed by atoms with E-state index < -0.39 is 12.2 Å². The van der Waals surface area contributed by atoms with E-state index in [1.54, 1.807) is 5.01 Å². The molecule has 2 N–H and O–H groups in total. The lowest BCUT2D eigenvalue weighted by Gasteiger charge is -2.42. The second-order valence-electron chi connectivity index (χ2n) is 6.93. The largest absolute Gasteiger partial charge is 0.457 e. The minimum absolute atomic E-state index is 0.0993. The van der Waals surface area contributed by atoms with Gasteiger partial charge in [-0.05, 0) is 36.1 Å². The third-order valence-corrected chi connectivity index (χ3v) is 6.15. The summed E-state index contributed by atoms with van der Waals surface area (Å²) in [6.07, 6.45) is -0.431. The van der Waals surface area contributed by atoms with Crippen molar-refractivity contribution in [3.05, 3.63) is 77.0 Å². The van der Waals surface area contributed by atoms with Gasteiger partial charge in [0.1, 0.15) is 11.5 Å². The Morgan fingerprint density at radius 1 is 1.13 bits per heavy atom. The normalized spacial score (nSPS) is 20.0. The van der Waals surface area contributed by atoms with Crippen molar-refractivity contribution in [2.75, 3.05) is 11.1 Å². The van der Waals surface area contributed by atoms with Crippen LogP contribution in [-0.2, 0) is 4.79 Å². The molecule has 8 heteroatoms. The lowest BCUT2D eigenvalue weighted by Crippen LogP contribution is -2.50. The van der Waals surface area contributed by atoms with Gasteiger partial charge in [-0.3, -0.25) is 4.79 Å². The Morgan fingerprint density at radius 2 is 1.93 bits per heavy atom. The number of amides is 1. The minimum atomic E-state index is -0.539. The van der Waals surface area contributed by atoms with Crippen molar-refractivity contribution < 1.29 is 9.21 Å². The second kappa shape index (κ2) is 7.74. The maximum atomic E-state index is 13.0. The van der Waals surface area contributed by atoms with Crippen LogP contribution in [0.2, 0.25) is 5.02 Å². The van der Waals surface area contributed by atoms with Crippen molar-refractivity contribution >= 4 is 40.1 Å². The molecule has 2 atom stereocenters. The fourth-order valence-corrected chi connectivity index (χ4v) is 4.59. The number of halogens is 1. The molecule has 2 aromatic carbocycles. The molecule has 1 amide bonds. The van der Waals surface area contributed by atoms with E-state index in [2.05, 4.69) is 10.6 Å². The molecule has 3 aromatic rings. The van der Waals surface area contributed by atoms with Gasteiger partial charge in [0.05, 0.1) is 5.02 Å². The standard InChI is InChI=1S/C22H19ClN4O2S/c1-2-30-22-25-21(28)19-14-8-4-6-10-16(14)24-20(27(19)26-22)18-12-11-17(29-18)13-7-3-5-9-15(13)23/h3-12,19-20,24H,2H2,1H3,(H,25,26,28)/t19-,20+/m1/s1. The number of hydrogen-bond acceptors (Lipinski definition) is 6. The molecule has 6 nitrogen and oxygen atoms in total. The summed E-state index contributed by atoms with van der Waals surface area (Å²) in [7, 11) is 0. The molecule has 0 saturated heterocycles. The summed E-state index contributed by atoms with van der Waals surface area (Å²) < 4.78 is 6.19. The molecule has 0 spiro atoms. The van der Waals surface area contributed by atoms with Crippen molar-refractivity contribution in [1.29, 1.82) is 0 Å². The molecular formula is C22H19ClN4O2S. The van der Waals surface area contributed by atoms with E-state index in [9.17, 15) is 4.79 Å². The predicted molar refractivity (Wildman–Crippen MR) is 120 cm³/mol. The van der Waals surface area contributed by atoms with Crippen molar-refractivity contribution in [1.82, 2.24) is 10.3 Å². The molecule has 1 aromatic heterocycles. The first-order chi connectivity index (χ1) is 14.7. The van der Waals surface area contributed by atoms with Crippen LogP contribution in [0.3, 0.4) is 0 Å². The Balaban J connectivity index is 1.58. The number of hydrogen-bond donors (Lipinski definition) is 2. The third kappa shape index (κ3) is 3.24. The minimum Gasteiger partial charge on any atom is -0.457 e. The van der Waals surface area contributed by atoms with Crippen molar-refractivity contribution in [3.8, 4) is 11.3 Å². The molecule has 0 unspecified atom stereocenters. The van der Waals surface area contributed by atoms with E-state index in [0.717, 1.165) is 22.6 Å². The monoisotopic (exact) mass is 438 g/mol. The highest BCUT2D eigenvalue weighted by molar-refractivity contribution is 8.13. The Labute approximate surface area is 183 Å². The summed E-state index contributed by atoms with van der Waals surface area (Å²) >= 11 is 7.84. The number of benzene rings is 2. The van der Waals surface area contributed by atoms with Crippen LogP contribution >= 0.6 is 23.4 Å². The van der Waals surface area contributed by atoms with E-state index in [0.29, 0.717) is 21.7 Å². The van der Waals surface area contributed by atoms with E-state index in [1.165, 1.54) is 11.8 Å². The molecule has 2 aliphatic heterocycles. The molecule has 0 aliphatic carbocycles. The first-order valence-corrected chi connectivity index (χ1v) is 11.0. The number of anilines is 1. The highest BCUT2D eigenvalue weighted by atomic mass is 35.5. The summed E-state index contributed by atoms with van der Waals surface area (Å²) in [5, 5.41) is 14.1. The van der Waals surface area contributed by atoms with Crippen molar-refractivity contribution in [2.45, 2.75) is 19.1 Å². The molecule has 5 rings (SSSR count). The van der Waals surface area contributed by atoms with Gasteiger partial charge in [-0.1, -0.05) is 60.6 Å². The fraction of sp³-hybridized carbons (Fsp3) is 0.182. The van der Waals surface area contributed by atoms with Gasteiger partial charge < -0.3 is 15.1 Å². The molecule has 0 fully saturated rings. The highest BCUT2D eigenvalue weighted by Gasteiger charge is 2.43.